The van der Waals surface area contributed by atoms with Gasteiger partial charge >= 0.3 is 5.97 Å². The number of hydrogen-bond donors (Lipinski definition) is 1. The minimum absolute atomic E-state index is 0.371. The fourth-order valence-corrected chi connectivity index (χ4v) is 2.02. The molecule has 2 aromatic rings. The van der Waals surface area contributed by atoms with E-state index in [9.17, 15) is 4.79 Å². The highest BCUT2D eigenvalue weighted by Gasteiger charge is 2.21. The van der Waals surface area contributed by atoms with E-state index in [1.807, 2.05) is 38.1 Å². The normalized spacial score (nSPS) is 12.1. The van der Waals surface area contributed by atoms with Crippen molar-refractivity contribution in [1.29, 1.82) is 0 Å². The summed E-state index contributed by atoms with van der Waals surface area (Å²) in [6.45, 7) is 3.83. The van der Waals surface area contributed by atoms with Crippen molar-refractivity contribution in [2.75, 3.05) is 0 Å². The van der Waals surface area contributed by atoms with E-state index in [2.05, 4.69) is 9.97 Å². The van der Waals surface area contributed by atoms with Gasteiger partial charge < -0.3 is 5.11 Å². The maximum Gasteiger partial charge on any atom is 0.314 e. The van der Waals surface area contributed by atoms with Crippen molar-refractivity contribution >= 4 is 5.97 Å². The summed E-state index contributed by atoms with van der Waals surface area (Å²) in [5.41, 5.74) is 2.88. The van der Waals surface area contributed by atoms with Crippen LogP contribution in [0.25, 0.3) is 11.3 Å². The lowest BCUT2D eigenvalue weighted by Crippen LogP contribution is -2.14. The van der Waals surface area contributed by atoms with E-state index in [4.69, 9.17) is 5.11 Å². The van der Waals surface area contributed by atoms with Crippen molar-refractivity contribution in [3.05, 3.63) is 47.9 Å². The molecular formula is C15H16N2O2. The Morgan fingerprint density at radius 1 is 1.32 bits per heavy atom. The van der Waals surface area contributed by atoms with E-state index in [-0.39, 0.29) is 0 Å². The van der Waals surface area contributed by atoms with E-state index >= 15 is 0 Å². The zero-order valence-electron chi connectivity index (χ0n) is 11.0. The summed E-state index contributed by atoms with van der Waals surface area (Å²) in [4.78, 5) is 19.7. The van der Waals surface area contributed by atoms with Gasteiger partial charge in [-0.15, -0.1) is 0 Å². The highest BCUT2D eigenvalue weighted by molar-refractivity contribution is 5.75. The van der Waals surface area contributed by atoms with Crippen molar-refractivity contribution in [2.45, 2.75) is 26.2 Å². The van der Waals surface area contributed by atoms with Crippen LogP contribution >= 0.6 is 0 Å². The fourth-order valence-electron chi connectivity index (χ4n) is 2.02. The first-order valence-corrected chi connectivity index (χ1v) is 6.25. The Bertz CT molecular complexity index is 596. The van der Waals surface area contributed by atoms with E-state index in [1.54, 1.807) is 12.3 Å². The van der Waals surface area contributed by atoms with Gasteiger partial charge in [0.05, 0.1) is 5.69 Å². The first kappa shape index (κ1) is 13.2. The quantitative estimate of drug-likeness (QED) is 0.913. The van der Waals surface area contributed by atoms with E-state index in [0.717, 1.165) is 16.8 Å². The summed E-state index contributed by atoms with van der Waals surface area (Å²) in [6.07, 6.45) is 2.10. The van der Waals surface area contributed by atoms with Gasteiger partial charge in [0, 0.05) is 11.8 Å². The van der Waals surface area contributed by atoms with E-state index in [1.165, 1.54) is 0 Å². The van der Waals surface area contributed by atoms with Crippen LogP contribution in [-0.4, -0.2) is 21.0 Å². The standard InChI is InChI=1S/C15H16N2O2/c1-3-11(15(18)19)14-16-9-8-13(17-14)12-7-5-4-6-10(12)2/h4-9,11H,3H2,1-2H3,(H,18,19). The molecule has 0 fully saturated rings. The Morgan fingerprint density at radius 3 is 2.68 bits per heavy atom. The highest BCUT2D eigenvalue weighted by atomic mass is 16.4. The average molecular weight is 256 g/mol. The molecule has 1 aromatic heterocycles. The number of carboxylic acid groups (broad SMARTS) is 1. The molecule has 0 amide bonds. The lowest BCUT2D eigenvalue weighted by molar-refractivity contribution is -0.139. The molecule has 4 nitrogen and oxygen atoms in total. The van der Waals surface area contributed by atoms with Crippen LogP contribution in [0.15, 0.2) is 36.5 Å². The second-order valence-electron chi connectivity index (χ2n) is 4.41. The number of aromatic nitrogens is 2. The van der Waals surface area contributed by atoms with Gasteiger partial charge in [0.1, 0.15) is 11.7 Å². The van der Waals surface area contributed by atoms with E-state index < -0.39 is 11.9 Å². The predicted molar refractivity (Wildman–Crippen MR) is 72.9 cm³/mol. The number of carbonyl (C=O) groups is 1. The molecule has 0 aliphatic carbocycles. The number of carboxylic acids is 1. The number of hydrogen-bond acceptors (Lipinski definition) is 3. The van der Waals surface area contributed by atoms with Crippen LogP contribution in [0.2, 0.25) is 0 Å². The zero-order chi connectivity index (χ0) is 13.8. The Hall–Kier alpha value is -2.23. The first-order valence-electron chi connectivity index (χ1n) is 6.25. The van der Waals surface area contributed by atoms with Gasteiger partial charge in [0.15, 0.2) is 0 Å². The zero-order valence-corrected chi connectivity index (χ0v) is 11.0. The molecule has 98 valence electrons. The molecule has 0 saturated carbocycles. The largest absolute Gasteiger partial charge is 0.481 e. The highest BCUT2D eigenvalue weighted by Crippen LogP contribution is 2.23. The van der Waals surface area contributed by atoms with Gasteiger partial charge in [-0.25, -0.2) is 9.97 Å². The van der Waals surface area contributed by atoms with Gasteiger partial charge in [-0.3, -0.25) is 4.79 Å². The predicted octanol–water partition coefficient (Wildman–Crippen LogP) is 3.03. The van der Waals surface area contributed by atoms with Crippen LogP contribution in [0, 0.1) is 6.92 Å². The third-order valence-corrected chi connectivity index (χ3v) is 3.11. The molecule has 2 rings (SSSR count). The molecule has 0 saturated heterocycles. The molecule has 0 radical (unpaired) electrons. The third kappa shape index (κ3) is 2.78. The second kappa shape index (κ2) is 5.61. The molecule has 0 spiro atoms. The molecule has 19 heavy (non-hydrogen) atoms. The SMILES string of the molecule is CCC(C(=O)O)c1nccc(-c2ccccc2C)n1. The topological polar surface area (TPSA) is 63.1 Å². The molecular weight excluding hydrogens is 240 g/mol. The van der Waals surface area contributed by atoms with Crippen molar-refractivity contribution < 1.29 is 9.90 Å². The molecule has 4 heteroatoms. The molecule has 1 atom stereocenters. The molecule has 1 aromatic carbocycles. The molecule has 1 unspecified atom stereocenters. The van der Waals surface area contributed by atoms with Crippen molar-refractivity contribution in [3.8, 4) is 11.3 Å². The third-order valence-electron chi connectivity index (χ3n) is 3.11. The Kier molecular flexibility index (Phi) is 3.90. The monoisotopic (exact) mass is 256 g/mol. The fraction of sp³-hybridized carbons (Fsp3) is 0.267. The summed E-state index contributed by atoms with van der Waals surface area (Å²) >= 11 is 0. The number of aliphatic carboxylic acids is 1. The van der Waals surface area contributed by atoms with Gasteiger partial charge in [-0.2, -0.15) is 0 Å². The summed E-state index contributed by atoms with van der Waals surface area (Å²) < 4.78 is 0. The summed E-state index contributed by atoms with van der Waals surface area (Å²) in [5, 5.41) is 9.16. The smallest absolute Gasteiger partial charge is 0.314 e. The first-order chi connectivity index (χ1) is 9.13. The maximum absolute atomic E-state index is 11.2. The molecule has 1 N–H and O–H groups in total. The van der Waals surface area contributed by atoms with Gasteiger partial charge in [0.25, 0.3) is 0 Å². The molecule has 1 heterocycles. The lowest BCUT2D eigenvalue weighted by atomic mass is 10.0. The number of nitrogens with zero attached hydrogens (tertiary/aromatic N) is 2. The summed E-state index contributed by atoms with van der Waals surface area (Å²) in [6, 6.07) is 9.70. The maximum atomic E-state index is 11.2. The average Bonchev–Trinajstić information content (AvgIpc) is 2.40. The van der Waals surface area contributed by atoms with Crippen molar-refractivity contribution in [3.63, 3.8) is 0 Å². The van der Waals surface area contributed by atoms with Crippen LogP contribution < -0.4 is 0 Å². The number of aryl methyl sites for hydroxylation is 1. The number of benzene rings is 1. The molecule has 0 aliphatic rings. The minimum atomic E-state index is -0.885. The lowest BCUT2D eigenvalue weighted by Gasteiger charge is -2.10. The Labute approximate surface area is 112 Å². The summed E-state index contributed by atoms with van der Waals surface area (Å²) in [5.74, 6) is -1.16. The van der Waals surface area contributed by atoms with Gasteiger partial charge in [0.2, 0.25) is 0 Å². The van der Waals surface area contributed by atoms with Crippen molar-refractivity contribution in [1.82, 2.24) is 9.97 Å². The van der Waals surface area contributed by atoms with Crippen LogP contribution in [0.1, 0.15) is 30.7 Å². The van der Waals surface area contributed by atoms with Crippen LogP contribution in [0.4, 0.5) is 0 Å². The van der Waals surface area contributed by atoms with Crippen molar-refractivity contribution in [2.24, 2.45) is 0 Å². The number of rotatable bonds is 4. The molecule has 0 bridgehead atoms. The van der Waals surface area contributed by atoms with Gasteiger partial charge in [-0.05, 0) is 25.0 Å². The van der Waals surface area contributed by atoms with E-state index in [0.29, 0.717) is 12.2 Å². The minimum Gasteiger partial charge on any atom is -0.481 e. The van der Waals surface area contributed by atoms with Gasteiger partial charge in [-0.1, -0.05) is 31.2 Å². The van der Waals surface area contributed by atoms with Crippen LogP contribution in [-0.2, 0) is 4.79 Å². The Morgan fingerprint density at radius 2 is 2.05 bits per heavy atom. The second-order valence-corrected chi connectivity index (χ2v) is 4.41. The summed E-state index contributed by atoms with van der Waals surface area (Å²) in [7, 11) is 0. The Balaban J connectivity index is 2.45. The van der Waals surface area contributed by atoms with Crippen LogP contribution in [0.3, 0.4) is 0 Å². The molecule has 0 aliphatic heterocycles. The van der Waals surface area contributed by atoms with Crippen LogP contribution in [0.5, 0.6) is 0 Å².